The number of nitrogens with one attached hydrogen (secondary N) is 1. The molecule has 5 N–H and O–H groups in total. The van der Waals surface area contributed by atoms with E-state index in [-0.39, 0.29) is 49.1 Å². The second-order valence-electron chi connectivity index (χ2n) is 11.9. The lowest BCUT2D eigenvalue weighted by atomic mass is 9.90. The van der Waals surface area contributed by atoms with Gasteiger partial charge in [-0.05, 0) is 58.2 Å². The zero-order valence-electron chi connectivity index (χ0n) is 25.3. The van der Waals surface area contributed by atoms with Crippen molar-refractivity contribution in [2.75, 3.05) is 38.0 Å². The van der Waals surface area contributed by atoms with Crippen LogP contribution in [0.5, 0.6) is 5.75 Å². The molecular formula is C29H41F3N8O4. The summed E-state index contributed by atoms with van der Waals surface area (Å²) in [6, 6.07) is 5.45. The largest absolute Gasteiger partial charge is 0.573 e. The van der Waals surface area contributed by atoms with Gasteiger partial charge in [0.05, 0.1) is 11.2 Å². The van der Waals surface area contributed by atoms with E-state index in [9.17, 15) is 27.6 Å². The van der Waals surface area contributed by atoms with E-state index in [2.05, 4.69) is 19.9 Å². The molecule has 15 heteroatoms. The number of piperazine rings is 1. The molecule has 1 aliphatic heterocycles. The highest BCUT2D eigenvalue weighted by atomic mass is 19.4. The summed E-state index contributed by atoms with van der Waals surface area (Å²) >= 11 is 0. The number of benzene rings is 1. The zero-order valence-corrected chi connectivity index (χ0v) is 25.3. The van der Waals surface area contributed by atoms with Crippen LogP contribution < -0.4 is 27.2 Å². The molecule has 1 saturated heterocycles. The molecule has 4 rings (SSSR count). The molecule has 2 aromatic rings. The van der Waals surface area contributed by atoms with Gasteiger partial charge in [-0.3, -0.25) is 19.6 Å². The van der Waals surface area contributed by atoms with Gasteiger partial charge in [0.2, 0.25) is 5.91 Å². The van der Waals surface area contributed by atoms with Gasteiger partial charge in [-0.1, -0.05) is 13.0 Å². The summed E-state index contributed by atoms with van der Waals surface area (Å²) in [5, 5.41) is 2.57. The van der Waals surface area contributed by atoms with Crippen LogP contribution in [0.25, 0.3) is 5.69 Å². The highest BCUT2D eigenvalue weighted by molar-refractivity contribution is 5.89. The number of carbonyl (C=O) groups excluding carboxylic acids is 2. The number of carbonyl (C=O) groups is 2. The first kappa shape index (κ1) is 33.2. The van der Waals surface area contributed by atoms with Crippen molar-refractivity contribution in [1.82, 2.24) is 24.3 Å². The van der Waals surface area contributed by atoms with Crippen molar-refractivity contribution in [3.05, 3.63) is 46.5 Å². The smallest absolute Gasteiger partial charge is 0.405 e. The van der Waals surface area contributed by atoms with E-state index in [0.29, 0.717) is 25.2 Å². The zero-order chi connectivity index (χ0) is 32.2. The predicted molar refractivity (Wildman–Crippen MR) is 158 cm³/mol. The molecule has 44 heavy (non-hydrogen) atoms. The Morgan fingerprint density at radius 1 is 1.07 bits per heavy atom. The molecule has 0 bridgehead atoms. The van der Waals surface area contributed by atoms with Gasteiger partial charge in [-0.2, -0.15) is 4.98 Å². The van der Waals surface area contributed by atoms with Crippen molar-refractivity contribution in [1.29, 1.82) is 0 Å². The van der Waals surface area contributed by atoms with E-state index < -0.39 is 29.4 Å². The summed E-state index contributed by atoms with van der Waals surface area (Å²) in [5.41, 5.74) is 10.6. The number of amides is 3. The second kappa shape index (κ2) is 13.5. The number of rotatable bonds is 8. The van der Waals surface area contributed by atoms with E-state index in [0.717, 1.165) is 36.3 Å². The first-order valence-electron chi connectivity index (χ1n) is 14.8. The Labute approximate surface area is 254 Å². The van der Waals surface area contributed by atoms with Crippen LogP contribution in [-0.4, -0.2) is 92.9 Å². The Kier molecular flexibility index (Phi) is 10.2. The molecule has 1 aromatic carbocycles. The Hall–Kier alpha value is -3.69. The normalized spacial score (nSPS) is 19.7. The summed E-state index contributed by atoms with van der Waals surface area (Å²) in [6.07, 6.45) is -0.143. The van der Waals surface area contributed by atoms with Crippen molar-refractivity contribution in [2.45, 2.75) is 77.0 Å². The molecule has 2 heterocycles. The summed E-state index contributed by atoms with van der Waals surface area (Å²) in [6.45, 7) is 7.24. The number of nitrogens with two attached hydrogens (primary N) is 2. The molecule has 1 aromatic heterocycles. The standard InChI is InChI=1S/C29H41F3N8O4/c1-4-37(21-9-6-20(33)7-10-21)18-19-5-8-22(17-23(19)44-29(30,31)32)40-12-11-24(36-27(40)43)35-26(42)39-15-13-38(14-16-39)25(41)28(2,3)34/h5,8,11-12,17,20-21H,4,6-7,9-10,13-16,18,33-34H2,1-3H3,(H,35,36,42,43)/t20-,21-. The summed E-state index contributed by atoms with van der Waals surface area (Å²) in [5.74, 6) is -0.635. The van der Waals surface area contributed by atoms with Gasteiger partial charge >= 0.3 is 18.1 Å². The average Bonchev–Trinajstić information content (AvgIpc) is 2.95. The summed E-state index contributed by atoms with van der Waals surface area (Å²) < 4.78 is 45.6. The fraction of sp³-hybridized carbons (Fsp3) is 0.586. The number of alkyl halides is 3. The third kappa shape index (κ3) is 8.48. The maximum absolute atomic E-state index is 13.4. The minimum Gasteiger partial charge on any atom is -0.405 e. The highest BCUT2D eigenvalue weighted by Crippen LogP contribution is 2.31. The molecule has 2 fully saturated rings. The number of halogens is 3. The van der Waals surface area contributed by atoms with Crippen molar-refractivity contribution in [2.24, 2.45) is 11.5 Å². The van der Waals surface area contributed by atoms with E-state index in [1.54, 1.807) is 18.7 Å². The van der Waals surface area contributed by atoms with Gasteiger partial charge in [0, 0.05) is 62.6 Å². The molecule has 0 unspecified atom stereocenters. The molecule has 12 nitrogen and oxygen atoms in total. The lowest BCUT2D eigenvalue weighted by Gasteiger charge is -2.37. The Morgan fingerprint density at radius 3 is 2.27 bits per heavy atom. The number of nitrogens with zero attached hydrogens (tertiary/aromatic N) is 5. The van der Waals surface area contributed by atoms with Gasteiger partial charge in [0.25, 0.3) is 0 Å². The quantitative estimate of drug-likeness (QED) is 0.407. The van der Waals surface area contributed by atoms with Crippen molar-refractivity contribution < 1.29 is 27.5 Å². The SMILES string of the molecule is CCN(Cc1ccc(-n2ccc(NC(=O)N3CCN(C(=O)C(C)(C)N)CC3)nc2=O)cc1OC(F)(F)F)[C@H]1CC[C@H](N)CC1. The molecule has 2 aliphatic rings. The monoisotopic (exact) mass is 622 g/mol. The van der Waals surface area contributed by atoms with Crippen LogP contribution in [-0.2, 0) is 11.3 Å². The van der Waals surface area contributed by atoms with Crippen molar-refractivity contribution >= 4 is 17.8 Å². The minimum absolute atomic E-state index is 0.0213. The van der Waals surface area contributed by atoms with Crippen molar-refractivity contribution in [3.8, 4) is 11.4 Å². The molecule has 1 saturated carbocycles. The molecule has 0 spiro atoms. The van der Waals surface area contributed by atoms with Crippen LogP contribution in [0, 0.1) is 0 Å². The van der Waals surface area contributed by atoms with E-state index in [1.165, 1.54) is 29.3 Å². The van der Waals surface area contributed by atoms with Crippen LogP contribution >= 0.6 is 0 Å². The number of hydrogen-bond acceptors (Lipinski definition) is 8. The lowest BCUT2D eigenvalue weighted by molar-refractivity contribution is -0.275. The average molecular weight is 623 g/mol. The molecule has 3 amide bonds. The van der Waals surface area contributed by atoms with Gasteiger partial charge in [0.1, 0.15) is 11.6 Å². The fourth-order valence-corrected chi connectivity index (χ4v) is 5.61. The van der Waals surface area contributed by atoms with Gasteiger partial charge in [-0.15, -0.1) is 13.2 Å². The number of hydrogen-bond donors (Lipinski definition) is 3. The molecule has 0 radical (unpaired) electrons. The maximum Gasteiger partial charge on any atom is 0.573 e. The maximum atomic E-state index is 13.4. The minimum atomic E-state index is -4.93. The van der Waals surface area contributed by atoms with Crippen LogP contribution in [0.2, 0.25) is 0 Å². The number of anilines is 1. The molecule has 1 aliphatic carbocycles. The fourth-order valence-electron chi connectivity index (χ4n) is 5.61. The first-order chi connectivity index (χ1) is 20.6. The Morgan fingerprint density at radius 2 is 1.70 bits per heavy atom. The van der Waals surface area contributed by atoms with Crippen LogP contribution in [0.1, 0.15) is 52.0 Å². The highest BCUT2D eigenvalue weighted by Gasteiger charge is 2.34. The number of ether oxygens (including phenoxy) is 1. The third-order valence-corrected chi connectivity index (χ3v) is 8.04. The summed E-state index contributed by atoms with van der Waals surface area (Å²) in [4.78, 5) is 47.2. The van der Waals surface area contributed by atoms with E-state index >= 15 is 0 Å². The Balaban J connectivity index is 1.46. The van der Waals surface area contributed by atoms with Crippen molar-refractivity contribution in [3.63, 3.8) is 0 Å². The lowest BCUT2D eigenvalue weighted by Crippen LogP contribution is -2.58. The van der Waals surface area contributed by atoms with E-state index in [4.69, 9.17) is 11.5 Å². The first-order valence-corrected chi connectivity index (χ1v) is 14.8. The second-order valence-corrected chi connectivity index (χ2v) is 11.9. The molecular weight excluding hydrogens is 581 g/mol. The van der Waals surface area contributed by atoms with E-state index in [1.807, 2.05) is 6.92 Å². The van der Waals surface area contributed by atoms with Gasteiger partial charge in [-0.25, -0.2) is 9.59 Å². The molecule has 242 valence electrons. The van der Waals surface area contributed by atoms with Gasteiger partial charge in [0.15, 0.2) is 0 Å². The third-order valence-electron chi connectivity index (χ3n) is 8.04. The predicted octanol–water partition coefficient (Wildman–Crippen LogP) is 2.64. The van der Waals surface area contributed by atoms with Crippen LogP contribution in [0.15, 0.2) is 35.3 Å². The number of aromatic nitrogens is 2. The van der Waals surface area contributed by atoms with Crippen LogP contribution in [0.3, 0.4) is 0 Å². The van der Waals surface area contributed by atoms with Gasteiger partial charge < -0.3 is 26.0 Å². The molecule has 0 atom stereocenters. The van der Waals surface area contributed by atoms with Crippen LogP contribution in [0.4, 0.5) is 23.8 Å². The number of urea groups is 1. The topological polar surface area (TPSA) is 152 Å². The summed E-state index contributed by atoms with van der Waals surface area (Å²) in [7, 11) is 0. The Bertz CT molecular complexity index is 1380.